The van der Waals surface area contributed by atoms with Crippen LogP contribution in [-0.4, -0.2) is 30.6 Å². The topological polar surface area (TPSA) is 121 Å². The first-order valence-corrected chi connectivity index (χ1v) is 33.8. The van der Waals surface area contributed by atoms with Crippen LogP contribution in [0.3, 0.4) is 0 Å². The highest BCUT2D eigenvalue weighted by Crippen LogP contribution is 2.67. The van der Waals surface area contributed by atoms with E-state index >= 15 is 0 Å². The summed E-state index contributed by atoms with van der Waals surface area (Å²) in [6.07, 6.45) is 32.6. The fourth-order valence-electron chi connectivity index (χ4n) is 20.2. The predicted octanol–water partition coefficient (Wildman–Crippen LogP) is 20.4. The summed E-state index contributed by atoms with van der Waals surface area (Å²) in [4.78, 5) is 0. The fraction of sp³-hybridized carbons (Fsp3) is 0.564. The van der Waals surface area contributed by atoms with Crippen molar-refractivity contribution in [2.24, 2.45) is 23.7 Å². The van der Waals surface area contributed by atoms with Gasteiger partial charge in [-0.2, -0.15) is 0 Å². The summed E-state index contributed by atoms with van der Waals surface area (Å²) < 4.78 is 0. The first-order valence-electron chi connectivity index (χ1n) is 33.8. The van der Waals surface area contributed by atoms with Gasteiger partial charge < -0.3 is 30.6 Å². The first-order chi connectivity index (χ1) is 40.5. The molecule has 0 spiro atoms. The summed E-state index contributed by atoms with van der Waals surface area (Å²) in [5.41, 5.74) is 18.1. The Bertz CT molecular complexity index is 3300. The molecule has 0 radical (unpaired) electrons. The van der Waals surface area contributed by atoms with Crippen molar-refractivity contribution in [1.29, 1.82) is 0 Å². The molecule has 0 heterocycles. The van der Waals surface area contributed by atoms with Gasteiger partial charge in [0.25, 0.3) is 0 Å². The zero-order valence-corrected chi connectivity index (χ0v) is 51.8. The largest absolute Gasteiger partial charge is 0.512 e. The molecule has 0 aliphatic heterocycles. The molecule has 6 heteroatoms. The molecule has 5 aromatic rings. The molecule has 6 nitrogen and oxygen atoms in total. The Morgan fingerprint density at radius 1 is 0.393 bits per heavy atom. The number of aromatic hydroxyl groups is 5. The van der Waals surface area contributed by atoms with E-state index in [9.17, 15) is 30.6 Å². The molecule has 5 aromatic carbocycles. The Hall–Kier alpha value is -5.62. The highest BCUT2D eigenvalue weighted by atomic mass is 16.3. The molecule has 0 amide bonds. The van der Waals surface area contributed by atoms with E-state index in [0.717, 1.165) is 162 Å². The average molecular weight is 1130 g/mol. The molecule has 9 aliphatic rings. The maximum Gasteiger partial charge on any atom is 0.122 e. The van der Waals surface area contributed by atoms with Crippen LogP contribution in [-0.2, 0) is 10.8 Å². The molecule has 4 bridgehead atoms. The fourth-order valence-corrected chi connectivity index (χ4v) is 20.2. The van der Waals surface area contributed by atoms with Gasteiger partial charge in [0.05, 0.1) is 5.76 Å². The normalized spacial score (nSPS) is 26.8. The van der Waals surface area contributed by atoms with Crippen molar-refractivity contribution >= 4 is 0 Å². The highest BCUT2D eigenvalue weighted by Gasteiger charge is 2.59. The lowest BCUT2D eigenvalue weighted by Crippen LogP contribution is -2.56. The molecule has 8 fully saturated rings. The van der Waals surface area contributed by atoms with Gasteiger partial charge in [0.1, 0.15) is 28.7 Å². The third-order valence-corrected chi connectivity index (χ3v) is 24.1. The molecular weight excluding hydrogens is 1030 g/mol. The van der Waals surface area contributed by atoms with Crippen molar-refractivity contribution in [3.63, 3.8) is 0 Å². The highest BCUT2D eigenvalue weighted by molar-refractivity contribution is 5.63. The average Bonchev–Trinajstić information content (AvgIpc) is 0.948. The molecule has 4 atom stereocenters. The van der Waals surface area contributed by atoms with E-state index in [-0.39, 0.29) is 40.4 Å². The molecule has 9 aliphatic carbocycles. The van der Waals surface area contributed by atoms with Crippen LogP contribution in [0.2, 0.25) is 0 Å². The van der Waals surface area contributed by atoms with Crippen LogP contribution in [0.25, 0.3) is 0 Å². The third kappa shape index (κ3) is 10.4. The molecule has 14 rings (SSSR count). The van der Waals surface area contributed by atoms with Crippen LogP contribution in [0.5, 0.6) is 28.7 Å². The van der Waals surface area contributed by atoms with Crippen molar-refractivity contribution in [1.82, 2.24) is 0 Å². The van der Waals surface area contributed by atoms with E-state index in [0.29, 0.717) is 58.2 Å². The van der Waals surface area contributed by atoms with Crippen molar-refractivity contribution in [2.45, 2.75) is 255 Å². The summed E-state index contributed by atoms with van der Waals surface area (Å²) in [5, 5.41) is 73.1. The minimum absolute atomic E-state index is 0.0446. The van der Waals surface area contributed by atoms with Crippen LogP contribution in [0.1, 0.15) is 293 Å². The van der Waals surface area contributed by atoms with Crippen LogP contribution < -0.4 is 0 Å². The second kappa shape index (κ2) is 22.9. The number of hydrogen-bond donors (Lipinski definition) is 6. The number of phenolic OH excluding ortho intramolecular Hbond substituents is 5. The first kappa shape index (κ1) is 57.5. The monoisotopic (exact) mass is 1130 g/mol. The van der Waals surface area contributed by atoms with Crippen molar-refractivity contribution in [3.8, 4) is 28.7 Å². The number of aliphatic hydroxyl groups excluding tert-OH is 1. The molecule has 84 heavy (non-hydrogen) atoms. The van der Waals surface area contributed by atoms with E-state index in [4.69, 9.17) is 0 Å². The van der Waals surface area contributed by atoms with Crippen LogP contribution in [0, 0.1) is 58.3 Å². The van der Waals surface area contributed by atoms with Gasteiger partial charge in [-0.05, 0) is 286 Å². The molecule has 4 unspecified atom stereocenters. The Labute approximate surface area is 503 Å². The number of allylic oxidation sites excluding steroid dienone is 4. The van der Waals surface area contributed by atoms with Gasteiger partial charge in [0.2, 0.25) is 0 Å². The smallest absolute Gasteiger partial charge is 0.122 e. The van der Waals surface area contributed by atoms with Crippen molar-refractivity contribution in [2.75, 3.05) is 0 Å². The van der Waals surface area contributed by atoms with E-state index in [2.05, 4.69) is 90.1 Å². The zero-order valence-electron chi connectivity index (χ0n) is 51.8. The lowest BCUT2D eigenvalue weighted by atomic mass is 9.41. The molecule has 446 valence electrons. The Morgan fingerprint density at radius 2 is 0.762 bits per heavy atom. The van der Waals surface area contributed by atoms with Gasteiger partial charge >= 0.3 is 0 Å². The van der Waals surface area contributed by atoms with Crippen LogP contribution in [0.4, 0.5) is 0 Å². The van der Waals surface area contributed by atoms with E-state index in [1.165, 1.54) is 106 Å². The van der Waals surface area contributed by atoms with Crippen molar-refractivity contribution in [3.05, 3.63) is 167 Å². The van der Waals surface area contributed by atoms with Gasteiger partial charge in [-0.25, -0.2) is 0 Å². The number of benzene rings is 5. The third-order valence-electron chi connectivity index (χ3n) is 24.1. The van der Waals surface area contributed by atoms with E-state index in [1.807, 2.05) is 18.2 Å². The molecule has 0 saturated heterocycles. The van der Waals surface area contributed by atoms with E-state index < -0.39 is 0 Å². The number of hydrogen-bond acceptors (Lipinski definition) is 6. The van der Waals surface area contributed by atoms with Gasteiger partial charge in [0, 0.05) is 28.9 Å². The van der Waals surface area contributed by atoms with Crippen LogP contribution in [0.15, 0.2) is 83.6 Å². The predicted molar refractivity (Wildman–Crippen MR) is 341 cm³/mol. The standard InChI is InChI=1S/C78H98O6/c1-45-29-69(79)63(53-19-11-7-12-20-53)36-59(45)73(60-37-64(70(80)30-46(60)2)54-21-13-8-14-22-54)67-34-57(27-49(5)75(67)83)77-40-51-33-52(41-77)43-78(42-51,44-77)58-28-50(6)76(84)68(35-58)74(61-38-65(71(81)31-47(61)3)55-23-15-9-16-24-55)62-39-66(72(82)32-48(62)4)56-25-17-10-18-26-56/h27-32,34-38,51-56,66,73-74,79-84H,7-26,33,39-44H2,1-6H3. The summed E-state index contributed by atoms with van der Waals surface area (Å²) in [7, 11) is 0. The zero-order chi connectivity index (χ0) is 58.3. The number of phenols is 5. The minimum Gasteiger partial charge on any atom is -0.512 e. The molecule has 8 saturated carbocycles. The SMILES string of the molecule is CC1=C(C(c2cc(C3CCCCC3)c(O)cc2C)c2cc(C34CC5CC(C3)CC(c3cc(C)c(O)c(C(c6cc(C7CCCCC7)c(O)cc6C)c6cc(C7CCCCC7)c(O)cc6C)c3)(C5)C4)cc(C)c2O)CC(C2CCCCC2)C(O)=C1. The Balaban J connectivity index is 0.951. The maximum atomic E-state index is 12.9. The molecule has 6 N–H and O–H groups in total. The minimum atomic E-state index is -0.328. The number of rotatable bonds is 12. The number of aryl methyl sites for hydroxylation is 5. The van der Waals surface area contributed by atoms with Gasteiger partial charge in [-0.15, -0.1) is 0 Å². The van der Waals surface area contributed by atoms with Crippen LogP contribution >= 0.6 is 0 Å². The summed E-state index contributed by atoms with van der Waals surface area (Å²) in [5.74, 6) is 4.21. The van der Waals surface area contributed by atoms with Gasteiger partial charge in [-0.3, -0.25) is 0 Å². The number of aliphatic hydroxyl groups is 1. The summed E-state index contributed by atoms with van der Waals surface area (Å²) >= 11 is 0. The second-order valence-corrected chi connectivity index (χ2v) is 29.6. The van der Waals surface area contributed by atoms with Crippen molar-refractivity contribution < 1.29 is 30.6 Å². The Kier molecular flexibility index (Phi) is 15.7. The molecular formula is C78H98O6. The Morgan fingerprint density at radius 3 is 1.17 bits per heavy atom. The maximum absolute atomic E-state index is 12.9. The lowest BCUT2D eigenvalue weighted by molar-refractivity contribution is -0.0282. The second-order valence-electron chi connectivity index (χ2n) is 29.6. The van der Waals surface area contributed by atoms with E-state index in [1.54, 1.807) is 0 Å². The van der Waals surface area contributed by atoms with Gasteiger partial charge in [-0.1, -0.05) is 125 Å². The van der Waals surface area contributed by atoms with Gasteiger partial charge in [0.15, 0.2) is 0 Å². The summed E-state index contributed by atoms with van der Waals surface area (Å²) in [6, 6.07) is 22.6. The molecule has 0 aromatic heterocycles. The quantitative estimate of drug-likeness (QED) is 0.0692. The lowest BCUT2D eigenvalue weighted by Gasteiger charge is -2.63. The summed E-state index contributed by atoms with van der Waals surface area (Å²) in [6.45, 7) is 12.8.